The number of hydrogen-bond acceptors (Lipinski definition) is 6. The lowest BCUT2D eigenvalue weighted by atomic mass is 9.85. The fourth-order valence-corrected chi connectivity index (χ4v) is 5.87. The highest BCUT2D eigenvalue weighted by Gasteiger charge is 2.38. The summed E-state index contributed by atoms with van der Waals surface area (Å²) in [6, 6.07) is 14.6. The molecule has 1 aliphatic heterocycles. The van der Waals surface area contributed by atoms with E-state index in [9.17, 15) is 28.3 Å². The molecule has 1 atom stereocenters. The average Bonchev–Trinajstić information content (AvgIpc) is 3.31. The van der Waals surface area contributed by atoms with Crippen molar-refractivity contribution in [1.82, 2.24) is 10.3 Å². The van der Waals surface area contributed by atoms with Crippen LogP contribution in [-0.4, -0.2) is 46.7 Å². The molecule has 40 heavy (non-hydrogen) atoms. The molecule has 1 unspecified atom stereocenters. The van der Waals surface area contributed by atoms with Crippen molar-refractivity contribution in [1.29, 1.82) is 0 Å². The second kappa shape index (κ2) is 11.7. The van der Waals surface area contributed by atoms with Gasteiger partial charge in [-0.25, -0.2) is 8.78 Å². The lowest BCUT2D eigenvalue weighted by Crippen LogP contribution is -2.40. The summed E-state index contributed by atoms with van der Waals surface area (Å²) in [6.45, 7) is 1.05. The zero-order valence-corrected chi connectivity index (χ0v) is 22.3. The van der Waals surface area contributed by atoms with E-state index in [0.717, 1.165) is 30.3 Å². The number of para-hydroxylation sites is 2. The number of fused-ring (bicyclic) bond motifs is 1. The number of nitrogens with one attached hydrogen (secondary N) is 1. The number of anilines is 1. The third-order valence-electron chi connectivity index (χ3n) is 7.74. The molecule has 2 heterocycles. The minimum Gasteiger partial charge on any atom is -0.507 e. The van der Waals surface area contributed by atoms with Crippen molar-refractivity contribution in [2.45, 2.75) is 44.1 Å². The van der Waals surface area contributed by atoms with E-state index in [1.807, 2.05) is 24.3 Å². The first kappa shape index (κ1) is 27.7. The van der Waals surface area contributed by atoms with E-state index in [2.05, 4.69) is 15.2 Å². The van der Waals surface area contributed by atoms with Gasteiger partial charge in [-0.1, -0.05) is 41.9 Å². The molecule has 208 valence electrons. The van der Waals surface area contributed by atoms with Crippen molar-refractivity contribution in [2.75, 3.05) is 18.0 Å². The van der Waals surface area contributed by atoms with Crippen molar-refractivity contribution >= 4 is 34.8 Å². The Morgan fingerprint density at radius 2 is 1.73 bits per heavy atom. The molecule has 1 aliphatic carbocycles. The normalized spacial score (nSPS) is 20.3. The number of nitrogens with zero attached hydrogens (tertiary/aromatic N) is 2. The molecule has 5 rings (SSSR count). The number of pyridine rings is 1. The Morgan fingerprint density at radius 1 is 1.02 bits per heavy atom. The number of hydrogen-bond donors (Lipinski definition) is 2. The summed E-state index contributed by atoms with van der Waals surface area (Å²) in [4.78, 5) is 44.7. The lowest BCUT2D eigenvalue weighted by Gasteiger charge is -2.32. The van der Waals surface area contributed by atoms with Crippen LogP contribution in [0.25, 0.3) is 0 Å². The number of ketones is 2. The Morgan fingerprint density at radius 3 is 2.45 bits per heavy atom. The van der Waals surface area contributed by atoms with Crippen LogP contribution in [0.4, 0.5) is 14.5 Å². The number of phenolic OH excluding ortho intramolecular Hbond substituents is 1. The van der Waals surface area contributed by atoms with Gasteiger partial charge in [-0.3, -0.25) is 19.4 Å². The van der Waals surface area contributed by atoms with Gasteiger partial charge >= 0.3 is 0 Å². The first-order valence-corrected chi connectivity index (χ1v) is 13.6. The van der Waals surface area contributed by atoms with Gasteiger partial charge in [0.15, 0.2) is 0 Å². The van der Waals surface area contributed by atoms with Crippen LogP contribution in [0.5, 0.6) is 5.75 Å². The number of carbonyl (C=O) groups excluding carboxylic acids is 3. The van der Waals surface area contributed by atoms with Crippen molar-refractivity contribution < 1.29 is 28.3 Å². The molecular formula is C30H28ClF2N3O4. The molecule has 1 amide bonds. The van der Waals surface area contributed by atoms with Gasteiger partial charge in [-0.2, -0.15) is 0 Å². The summed E-state index contributed by atoms with van der Waals surface area (Å²) in [6.07, 6.45) is 1.17. The summed E-state index contributed by atoms with van der Waals surface area (Å²) < 4.78 is 26.7. The standard InChI is InChI=1S/C30H28ClF2N3O4/c31-18-13-22(26(29(32)33)34-14-18)30(40)35-19-11-9-17(10-12-19)15-36-16-23(20-5-1-3-7-24(20)36)28(39)27(38)21-6-2-4-8-25(21)37/h1-8,13-14,17,19,23,29,37H,9-12,15-16H2,(H,35,40). The molecule has 1 aromatic heterocycles. The molecule has 7 nitrogen and oxygen atoms in total. The van der Waals surface area contributed by atoms with E-state index in [4.69, 9.17) is 11.6 Å². The Hall–Kier alpha value is -3.85. The number of phenols is 1. The Bertz CT molecular complexity index is 1440. The number of benzene rings is 2. The van der Waals surface area contributed by atoms with Gasteiger partial charge in [0.2, 0.25) is 11.6 Å². The monoisotopic (exact) mass is 567 g/mol. The Kier molecular flexibility index (Phi) is 8.12. The third kappa shape index (κ3) is 5.70. The molecule has 0 saturated heterocycles. The summed E-state index contributed by atoms with van der Waals surface area (Å²) in [7, 11) is 0. The first-order chi connectivity index (χ1) is 19.2. The van der Waals surface area contributed by atoms with Gasteiger partial charge in [0.05, 0.1) is 22.1 Å². The maximum atomic E-state index is 13.3. The molecule has 0 bridgehead atoms. The molecule has 2 aliphatic rings. The number of rotatable bonds is 8. The van der Waals surface area contributed by atoms with Crippen LogP contribution in [0.15, 0.2) is 60.8 Å². The molecule has 0 radical (unpaired) electrons. The zero-order valence-electron chi connectivity index (χ0n) is 21.5. The minimum absolute atomic E-state index is 0.00183. The molecule has 1 fully saturated rings. The van der Waals surface area contributed by atoms with Gasteiger partial charge in [-0.15, -0.1) is 0 Å². The topological polar surface area (TPSA) is 99.6 Å². The van der Waals surface area contributed by atoms with Crippen molar-refractivity contribution in [3.63, 3.8) is 0 Å². The summed E-state index contributed by atoms with van der Waals surface area (Å²) in [5.41, 5.74) is 0.898. The first-order valence-electron chi connectivity index (χ1n) is 13.2. The van der Waals surface area contributed by atoms with Crippen LogP contribution in [-0.2, 0) is 4.79 Å². The highest BCUT2D eigenvalue weighted by atomic mass is 35.5. The molecule has 2 N–H and O–H groups in total. The van der Waals surface area contributed by atoms with Crippen LogP contribution in [0.1, 0.15) is 70.0 Å². The van der Waals surface area contributed by atoms with Gasteiger partial charge in [0.25, 0.3) is 12.3 Å². The van der Waals surface area contributed by atoms with Gasteiger partial charge in [-0.05, 0) is 61.4 Å². The van der Waals surface area contributed by atoms with Crippen molar-refractivity contribution in [3.8, 4) is 5.75 Å². The van der Waals surface area contributed by atoms with Crippen LogP contribution < -0.4 is 10.2 Å². The average molecular weight is 568 g/mol. The molecule has 3 aromatic rings. The molecule has 0 spiro atoms. The Labute approximate surface area is 235 Å². The second-order valence-corrected chi connectivity index (χ2v) is 10.7. The largest absolute Gasteiger partial charge is 0.507 e. The predicted molar refractivity (Wildman–Crippen MR) is 146 cm³/mol. The van der Waals surface area contributed by atoms with E-state index < -0.39 is 35.5 Å². The quantitative estimate of drug-likeness (QED) is 0.267. The SMILES string of the molecule is O=C(C(=O)C1CN(CC2CCC(NC(=O)c3cc(Cl)cnc3C(F)F)CC2)c2ccccc21)c1ccccc1O. The maximum Gasteiger partial charge on any atom is 0.281 e. The minimum atomic E-state index is -2.89. The number of halogens is 3. The maximum absolute atomic E-state index is 13.3. The summed E-state index contributed by atoms with van der Waals surface area (Å²) >= 11 is 5.89. The third-order valence-corrected chi connectivity index (χ3v) is 7.95. The zero-order chi connectivity index (χ0) is 28.4. The lowest BCUT2D eigenvalue weighted by molar-refractivity contribution is -0.116. The van der Waals surface area contributed by atoms with Crippen molar-refractivity contribution in [2.24, 2.45) is 5.92 Å². The fraction of sp³-hybridized carbons (Fsp3) is 0.333. The van der Waals surface area contributed by atoms with E-state index >= 15 is 0 Å². The number of alkyl halides is 2. The number of Topliss-reactive ketones (excluding diaryl/α,β-unsaturated/α-hetero) is 2. The fourth-order valence-electron chi connectivity index (χ4n) is 5.71. The number of carbonyl (C=O) groups is 3. The highest BCUT2D eigenvalue weighted by Crippen LogP contribution is 2.39. The van der Waals surface area contributed by atoms with Crippen molar-refractivity contribution in [3.05, 3.63) is 88.2 Å². The second-order valence-electron chi connectivity index (χ2n) is 10.3. The van der Waals surface area contributed by atoms with E-state index in [0.29, 0.717) is 25.9 Å². The van der Waals surface area contributed by atoms with Crippen LogP contribution >= 0.6 is 11.6 Å². The number of aromatic hydroxyl groups is 1. The molecule has 10 heteroatoms. The van der Waals surface area contributed by atoms with E-state index in [-0.39, 0.29) is 33.9 Å². The highest BCUT2D eigenvalue weighted by molar-refractivity contribution is 6.46. The smallest absolute Gasteiger partial charge is 0.281 e. The van der Waals surface area contributed by atoms with Crippen LogP contribution in [0.3, 0.4) is 0 Å². The van der Waals surface area contributed by atoms with Crippen LogP contribution in [0.2, 0.25) is 5.02 Å². The molecule has 1 saturated carbocycles. The van der Waals surface area contributed by atoms with Gasteiger partial charge < -0.3 is 15.3 Å². The predicted octanol–water partition coefficient (Wildman–Crippen LogP) is 5.72. The Balaban J connectivity index is 1.21. The number of amides is 1. The van der Waals surface area contributed by atoms with E-state index in [1.165, 1.54) is 18.2 Å². The van der Waals surface area contributed by atoms with Crippen LogP contribution in [0, 0.1) is 5.92 Å². The summed E-state index contributed by atoms with van der Waals surface area (Å²) in [5.74, 6) is -2.44. The summed E-state index contributed by atoms with van der Waals surface area (Å²) in [5, 5.41) is 13.0. The van der Waals surface area contributed by atoms with Gasteiger partial charge in [0, 0.05) is 31.0 Å². The van der Waals surface area contributed by atoms with Gasteiger partial charge in [0.1, 0.15) is 11.4 Å². The number of aromatic nitrogens is 1. The molecular weight excluding hydrogens is 540 g/mol. The molecule has 2 aromatic carbocycles. The van der Waals surface area contributed by atoms with E-state index in [1.54, 1.807) is 12.1 Å².